The van der Waals surface area contributed by atoms with Crippen LogP contribution in [0.3, 0.4) is 0 Å². The third kappa shape index (κ3) is 2.51. The number of methoxy groups -OCH3 is 1. The van der Waals surface area contributed by atoms with E-state index in [0.29, 0.717) is 5.75 Å². The fourth-order valence-electron chi connectivity index (χ4n) is 2.02. The first-order valence-electron chi connectivity index (χ1n) is 5.82. The van der Waals surface area contributed by atoms with E-state index in [1.165, 1.54) is 12.1 Å². The van der Waals surface area contributed by atoms with E-state index in [1.807, 2.05) is 31.3 Å². The molecule has 0 atom stereocenters. The summed E-state index contributed by atoms with van der Waals surface area (Å²) in [5.41, 5.74) is 2.88. The first-order chi connectivity index (χ1) is 8.76. The maximum Gasteiger partial charge on any atom is 0.126 e. The van der Waals surface area contributed by atoms with Gasteiger partial charge < -0.3 is 10.1 Å². The van der Waals surface area contributed by atoms with Gasteiger partial charge in [0.15, 0.2) is 0 Å². The molecule has 0 saturated heterocycles. The SMILES string of the molecule is CNCc1ccccc1-c1cc(F)ccc1OC. The zero-order valence-corrected chi connectivity index (χ0v) is 10.5. The molecule has 0 aliphatic carbocycles. The fourth-order valence-corrected chi connectivity index (χ4v) is 2.02. The van der Waals surface area contributed by atoms with Gasteiger partial charge >= 0.3 is 0 Å². The molecule has 18 heavy (non-hydrogen) atoms. The number of rotatable bonds is 4. The molecule has 0 saturated carbocycles. The first-order valence-corrected chi connectivity index (χ1v) is 5.82. The second-order valence-corrected chi connectivity index (χ2v) is 4.03. The van der Waals surface area contributed by atoms with Gasteiger partial charge in [-0.25, -0.2) is 4.39 Å². The van der Waals surface area contributed by atoms with Crippen molar-refractivity contribution >= 4 is 0 Å². The van der Waals surface area contributed by atoms with Crippen LogP contribution in [0.15, 0.2) is 42.5 Å². The van der Waals surface area contributed by atoms with Gasteiger partial charge in [-0.05, 0) is 36.4 Å². The summed E-state index contributed by atoms with van der Waals surface area (Å²) in [6.45, 7) is 0.732. The second-order valence-electron chi connectivity index (χ2n) is 4.03. The molecule has 0 radical (unpaired) electrons. The lowest BCUT2D eigenvalue weighted by Crippen LogP contribution is -2.06. The van der Waals surface area contributed by atoms with Crippen LogP contribution in [0, 0.1) is 5.82 Å². The van der Waals surface area contributed by atoms with Crippen LogP contribution >= 0.6 is 0 Å². The molecule has 2 aromatic rings. The Morgan fingerprint density at radius 2 is 1.89 bits per heavy atom. The van der Waals surface area contributed by atoms with E-state index < -0.39 is 0 Å². The van der Waals surface area contributed by atoms with Gasteiger partial charge in [0.05, 0.1) is 7.11 Å². The average Bonchev–Trinajstić information content (AvgIpc) is 2.40. The Hall–Kier alpha value is -1.87. The van der Waals surface area contributed by atoms with Gasteiger partial charge in [-0.2, -0.15) is 0 Å². The van der Waals surface area contributed by atoms with Crippen LogP contribution in [0.1, 0.15) is 5.56 Å². The number of hydrogen-bond acceptors (Lipinski definition) is 2. The van der Waals surface area contributed by atoms with Crippen molar-refractivity contribution in [2.24, 2.45) is 0 Å². The maximum atomic E-state index is 13.4. The summed E-state index contributed by atoms with van der Waals surface area (Å²) in [6, 6.07) is 12.5. The molecule has 0 fully saturated rings. The topological polar surface area (TPSA) is 21.3 Å². The van der Waals surface area contributed by atoms with E-state index in [-0.39, 0.29) is 5.82 Å². The summed E-state index contributed by atoms with van der Waals surface area (Å²) >= 11 is 0. The zero-order valence-electron chi connectivity index (χ0n) is 10.5. The van der Waals surface area contributed by atoms with Gasteiger partial charge in [-0.1, -0.05) is 24.3 Å². The minimum absolute atomic E-state index is 0.259. The van der Waals surface area contributed by atoms with Crippen LogP contribution in [-0.2, 0) is 6.54 Å². The Bertz CT molecular complexity index is 540. The molecule has 2 aromatic carbocycles. The van der Waals surface area contributed by atoms with Gasteiger partial charge in [-0.3, -0.25) is 0 Å². The van der Waals surface area contributed by atoms with Gasteiger partial charge in [0.25, 0.3) is 0 Å². The zero-order chi connectivity index (χ0) is 13.0. The largest absolute Gasteiger partial charge is 0.496 e. The van der Waals surface area contributed by atoms with Gasteiger partial charge in [-0.15, -0.1) is 0 Å². The molecule has 1 N–H and O–H groups in total. The van der Waals surface area contributed by atoms with Gasteiger partial charge in [0.2, 0.25) is 0 Å². The molecule has 0 heterocycles. The van der Waals surface area contributed by atoms with E-state index in [9.17, 15) is 4.39 Å². The summed E-state index contributed by atoms with van der Waals surface area (Å²) in [7, 11) is 3.48. The molecule has 0 bridgehead atoms. The minimum Gasteiger partial charge on any atom is -0.496 e. The summed E-state index contributed by atoms with van der Waals surface area (Å²) < 4.78 is 18.7. The maximum absolute atomic E-state index is 13.4. The van der Waals surface area contributed by atoms with Crippen molar-refractivity contribution in [1.82, 2.24) is 5.32 Å². The summed E-state index contributed by atoms with van der Waals surface area (Å²) in [4.78, 5) is 0. The minimum atomic E-state index is -0.259. The van der Waals surface area contributed by atoms with Crippen LogP contribution in [0.4, 0.5) is 4.39 Å². The van der Waals surface area contributed by atoms with Crippen molar-refractivity contribution < 1.29 is 9.13 Å². The molecular formula is C15H16FNO. The fraction of sp³-hybridized carbons (Fsp3) is 0.200. The predicted octanol–water partition coefficient (Wildman–Crippen LogP) is 3.22. The van der Waals surface area contributed by atoms with Crippen molar-refractivity contribution in [3.05, 3.63) is 53.8 Å². The normalized spacial score (nSPS) is 10.4. The monoisotopic (exact) mass is 245 g/mol. The number of benzene rings is 2. The Morgan fingerprint density at radius 3 is 2.61 bits per heavy atom. The number of ether oxygens (including phenoxy) is 1. The molecule has 3 heteroatoms. The van der Waals surface area contributed by atoms with Crippen molar-refractivity contribution in [3.8, 4) is 16.9 Å². The second kappa shape index (κ2) is 5.65. The van der Waals surface area contributed by atoms with Crippen LogP contribution in [0.5, 0.6) is 5.75 Å². The third-order valence-electron chi connectivity index (χ3n) is 2.84. The lowest BCUT2D eigenvalue weighted by molar-refractivity contribution is 0.415. The lowest BCUT2D eigenvalue weighted by atomic mass is 9.98. The van der Waals surface area contributed by atoms with Crippen LogP contribution < -0.4 is 10.1 Å². The van der Waals surface area contributed by atoms with Crippen LogP contribution in [0.2, 0.25) is 0 Å². The van der Waals surface area contributed by atoms with Crippen molar-refractivity contribution in [2.75, 3.05) is 14.2 Å². The van der Waals surface area contributed by atoms with Crippen LogP contribution in [0.25, 0.3) is 11.1 Å². The van der Waals surface area contributed by atoms with E-state index in [0.717, 1.165) is 23.2 Å². The number of hydrogen-bond donors (Lipinski definition) is 1. The van der Waals surface area contributed by atoms with Crippen molar-refractivity contribution in [2.45, 2.75) is 6.54 Å². The smallest absolute Gasteiger partial charge is 0.126 e. The Kier molecular flexibility index (Phi) is 3.95. The Balaban J connectivity index is 2.57. The predicted molar refractivity (Wildman–Crippen MR) is 71.2 cm³/mol. The van der Waals surface area contributed by atoms with Gasteiger partial charge in [0, 0.05) is 12.1 Å². The van der Waals surface area contributed by atoms with Gasteiger partial charge in [0.1, 0.15) is 11.6 Å². The summed E-state index contributed by atoms with van der Waals surface area (Å²) in [6.07, 6.45) is 0. The van der Waals surface area contributed by atoms with E-state index in [1.54, 1.807) is 13.2 Å². The van der Waals surface area contributed by atoms with E-state index in [2.05, 4.69) is 5.32 Å². The molecule has 0 aliphatic heterocycles. The molecule has 0 spiro atoms. The molecule has 94 valence electrons. The van der Waals surface area contributed by atoms with E-state index >= 15 is 0 Å². The Labute approximate surface area is 106 Å². The molecule has 2 nitrogen and oxygen atoms in total. The molecule has 2 rings (SSSR count). The number of nitrogens with one attached hydrogen (secondary N) is 1. The quantitative estimate of drug-likeness (QED) is 0.893. The van der Waals surface area contributed by atoms with Crippen molar-refractivity contribution in [3.63, 3.8) is 0 Å². The first kappa shape index (κ1) is 12.6. The molecule has 0 aliphatic rings. The third-order valence-corrected chi connectivity index (χ3v) is 2.84. The standard InChI is InChI=1S/C15H16FNO/c1-17-10-11-5-3-4-6-13(11)14-9-12(16)7-8-15(14)18-2/h3-9,17H,10H2,1-2H3. The molecular weight excluding hydrogens is 229 g/mol. The average molecular weight is 245 g/mol. The van der Waals surface area contributed by atoms with E-state index in [4.69, 9.17) is 4.74 Å². The highest BCUT2D eigenvalue weighted by atomic mass is 19.1. The van der Waals surface area contributed by atoms with Crippen molar-refractivity contribution in [1.29, 1.82) is 0 Å². The molecule has 0 aromatic heterocycles. The highest BCUT2D eigenvalue weighted by molar-refractivity contribution is 5.73. The highest BCUT2D eigenvalue weighted by Gasteiger charge is 2.10. The highest BCUT2D eigenvalue weighted by Crippen LogP contribution is 2.32. The summed E-state index contributed by atoms with van der Waals surface area (Å²) in [5.74, 6) is 0.421. The Morgan fingerprint density at radius 1 is 1.11 bits per heavy atom. The molecule has 0 amide bonds. The summed E-state index contributed by atoms with van der Waals surface area (Å²) in [5, 5.41) is 3.11. The van der Waals surface area contributed by atoms with Crippen LogP contribution in [-0.4, -0.2) is 14.2 Å². The number of halogens is 1. The molecule has 0 unspecified atom stereocenters. The lowest BCUT2D eigenvalue weighted by Gasteiger charge is -2.13.